The maximum absolute atomic E-state index is 12.9. The molecule has 0 saturated heterocycles. The normalized spacial score (nSPS) is 12.5. The summed E-state index contributed by atoms with van der Waals surface area (Å²) < 4.78 is 12.9. The Morgan fingerprint density at radius 1 is 1.54 bits per heavy atom. The van der Waals surface area contributed by atoms with Crippen molar-refractivity contribution in [2.45, 2.75) is 11.8 Å². The minimum absolute atomic E-state index is 0.0703. The van der Waals surface area contributed by atoms with Crippen LogP contribution in [0.1, 0.15) is 5.56 Å². The summed E-state index contributed by atoms with van der Waals surface area (Å²) in [5, 5.41) is -0.540. The van der Waals surface area contributed by atoms with E-state index >= 15 is 0 Å². The molecule has 0 amide bonds. The van der Waals surface area contributed by atoms with Crippen molar-refractivity contribution in [3.05, 3.63) is 34.6 Å². The van der Waals surface area contributed by atoms with E-state index in [2.05, 4.69) is 0 Å². The molecule has 0 bridgehead atoms. The zero-order chi connectivity index (χ0) is 9.84. The minimum atomic E-state index is -0.611. The van der Waals surface area contributed by atoms with Gasteiger partial charge in [0.05, 0.1) is 10.4 Å². The van der Waals surface area contributed by atoms with Gasteiger partial charge in [0.1, 0.15) is 12.1 Å². The molecule has 0 radical (unpaired) electrons. The summed E-state index contributed by atoms with van der Waals surface area (Å²) in [6.45, 7) is 0. The number of alkyl halides is 1. The Kier molecular flexibility index (Phi) is 3.70. The predicted molar refractivity (Wildman–Crippen MR) is 50.8 cm³/mol. The highest BCUT2D eigenvalue weighted by Gasteiger charge is 2.06. The fraction of sp³-hybridized carbons (Fsp3) is 0.222. The van der Waals surface area contributed by atoms with Crippen molar-refractivity contribution < 1.29 is 9.18 Å². The van der Waals surface area contributed by atoms with E-state index in [4.69, 9.17) is 23.2 Å². The topological polar surface area (TPSA) is 17.1 Å². The van der Waals surface area contributed by atoms with E-state index in [1.165, 1.54) is 12.1 Å². The molecular weight excluding hydrogens is 214 g/mol. The van der Waals surface area contributed by atoms with Crippen LogP contribution < -0.4 is 0 Å². The predicted octanol–water partition coefficient (Wildman–Crippen LogP) is 2.83. The largest absolute Gasteiger partial charge is 0.302 e. The Bertz CT molecular complexity index is 314. The van der Waals surface area contributed by atoms with Crippen molar-refractivity contribution in [2.75, 3.05) is 0 Å². The van der Waals surface area contributed by atoms with Crippen LogP contribution >= 0.6 is 23.2 Å². The van der Waals surface area contributed by atoms with Crippen molar-refractivity contribution in [1.82, 2.24) is 0 Å². The lowest BCUT2D eigenvalue weighted by molar-refractivity contribution is -0.107. The molecule has 0 spiro atoms. The highest BCUT2D eigenvalue weighted by atomic mass is 35.5. The Hall–Kier alpha value is -0.600. The first kappa shape index (κ1) is 10.5. The third-order valence-electron chi connectivity index (χ3n) is 1.56. The van der Waals surface area contributed by atoms with Crippen LogP contribution in [0.15, 0.2) is 18.2 Å². The monoisotopic (exact) mass is 220 g/mol. The highest BCUT2D eigenvalue weighted by molar-refractivity contribution is 6.30. The Morgan fingerprint density at radius 3 is 2.77 bits per heavy atom. The van der Waals surface area contributed by atoms with Gasteiger partial charge in [-0.15, -0.1) is 11.6 Å². The maximum Gasteiger partial charge on any atom is 0.142 e. The molecule has 0 aliphatic heterocycles. The standard InChI is InChI=1S/C9H7Cl2FO/c10-7(5-13)3-6-1-2-8(11)9(12)4-6/h1-2,4-5,7H,3H2. The molecule has 1 nitrogen and oxygen atoms in total. The number of hydrogen-bond acceptors (Lipinski definition) is 1. The van der Waals surface area contributed by atoms with Crippen LogP contribution in [0.4, 0.5) is 4.39 Å². The summed E-state index contributed by atoms with van der Waals surface area (Å²) in [4.78, 5) is 10.2. The fourth-order valence-corrected chi connectivity index (χ4v) is 1.24. The van der Waals surface area contributed by atoms with Crippen LogP contribution in [0.25, 0.3) is 0 Å². The van der Waals surface area contributed by atoms with Crippen molar-refractivity contribution in [2.24, 2.45) is 0 Å². The average molecular weight is 221 g/mol. The van der Waals surface area contributed by atoms with Crippen LogP contribution in [-0.2, 0) is 11.2 Å². The first-order valence-corrected chi connectivity index (χ1v) is 4.48. The third kappa shape index (κ3) is 2.98. The van der Waals surface area contributed by atoms with Crippen molar-refractivity contribution >= 4 is 29.5 Å². The second-order valence-electron chi connectivity index (χ2n) is 2.60. The van der Waals surface area contributed by atoms with E-state index in [0.717, 1.165) is 0 Å². The molecule has 0 aliphatic rings. The summed E-state index contributed by atoms with van der Waals surface area (Å²) >= 11 is 11.0. The van der Waals surface area contributed by atoms with Crippen molar-refractivity contribution in [3.8, 4) is 0 Å². The summed E-state index contributed by atoms with van der Waals surface area (Å²) in [6, 6.07) is 4.37. The molecule has 1 unspecified atom stereocenters. The number of aldehydes is 1. The van der Waals surface area contributed by atoms with E-state index in [1.54, 1.807) is 6.07 Å². The number of rotatable bonds is 3. The van der Waals surface area contributed by atoms with E-state index < -0.39 is 11.2 Å². The van der Waals surface area contributed by atoms with Crippen LogP contribution in [-0.4, -0.2) is 11.7 Å². The summed E-state index contributed by atoms with van der Waals surface area (Å²) in [7, 11) is 0. The summed E-state index contributed by atoms with van der Waals surface area (Å²) in [6.07, 6.45) is 0.938. The fourth-order valence-electron chi connectivity index (χ4n) is 0.940. The van der Waals surface area contributed by atoms with E-state index in [0.29, 0.717) is 18.3 Å². The van der Waals surface area contributed by atoms with Gasteiger partial charge in [0.15, 0.2) is 0 Å². The molecule has 0 aliphatic carbocycles. The molecule has 0 N–H and O–H groups in total. The first-order valence-electron chi connectivity index (χ1n) is 3.67. The number of carbonyl (C=O) groups excluding carboxylic acids is 1. The molecule has 1 aromatic carbocycles. The molecule has 0 heterocycles. The number of benzene rings is 1. The van der Waals surface area contributed by atoms with Crippen LogP contribution in [0.3, 0.4) is 0 Å². The third-order valence-corrected chi connectivity index (χ3v) is 2.13. The van der Waals surface area contributed by atoms with E-state index in [9.17, 15) is 9.18 Å². The molecular formula is C9H7Cl2FO. The van der Waals surface area contributed by atoms with Gasteiger partial charge in [-0.2, -0.15) is 0 Å². The van der Waals surface area contributed by atoms with Gasteiger partial charge in [0, 0.05) is 0 Å². The van der Waals surface area contributed by atoms with Gasteiger partial charge in [-0.1, -0.05) is 17.7 Å². The van der Waals surface area contributed by atoms with Gasteiger partial charge >= 0.3 is 0 Å². The molecule has 13 heavy (non-hydrogen) atoms. The molecule has 0 saturated carbocycles. The van der Waals surface area contributed by atoms with Crippen molar-refractivity contribution in [1.29, 1.82) is 0 Å². The lowest BCUT2D eigenvalue weighted by atomic mass is 10.1. The smallest absolute Gasteiger partial charge is 0.142 e. The molecule has 1 atom stereocenters. The van der Waals surface area contributed by atoms with Crippen LogP contribution in [0, 0.1) is 5.82 Å². The van der Waals surface area contributed by atoms with Crippen LogP contribution in [0.2, 0.25) is 5.02 Å². The second kappa shape index (κ2) is 4.58. The molecule has 4 heteroatoms. The van der Waals surface area contributed by atoms with Gasteiger partial charge in [-0.25, -0.2) is 4.39 Å². The second-order valence-corrected chi connectivity index (χ2v) is 3.57. The van der Waals surface area contributed by atoms with Gasteiger partial charge in [0.25, 0.3) is 0 Å². The number of hydrogen-bond donors (Lipinski definition) is 0. The Balaban J connectivity index is 2.79. The minimum Gasteiger partial charge on any atom is -0.302 e. The lowest BCUT2D eigenvalue weighted by Gasteiger charge is -2.02. The number of carbonyl (C=O) groups is 1. The summed E-state index contributed by atoms with van der Waals surface area (Å²) in [5.41, 5.74) is 0.661. The quantitative estimate of drug-likeness (QED) is 0.566. The number of halogens is 3. The highest BCUT2D eigenvalue weighted by Crippen LogP contribution is 2.17. The lowest BCUT2D eigenvalue weighted by Crippen LogP contribution is -2.04. The first-order chi connectivity index (χ1) is 6.13. The zero-order valence-electron chi connectivity index (χ0n) is 6.64. The SMILES string of the molecule is O=CC(Cl)Cc1ccc(Cl)c(F)c1. The Labute approximate surface area is 85.5 Å². The Morgan fingerprint density at radius 2 is 2.23 bits per heavy atom. The van der Waals surface area contributed by atoms with Gasteiger partial charge in [-0.3, -0.25) is 0 Å². The van der Waals surface area contributed by atoms with Gasteiger partial charge in [0.2, 0.25) is 0 Å². The molecule has 70 valence electrons. The van der Waals surface area contributed by atoms with Crippen molar-refractivity contribution in [3.63, 3.8) is 0 Å². The molecule has 0 aromatic heterocycles. The van der Waals surface area contributed by atoms with Crippen LogP contribution in [0.5, 0.6) is 0 Å². The summed E-state index contributed by atoms with van der Waals surface area (Å²) in [5.74, 6) is -0.492. The van der Waals surface area contributed by atoms with Gasteiger partial charge in [-0.05, 0) is 24.1 Å². The molecule has 0 fully saturated rings. The van der Waals surface area contributed by atoms with E-state index in [-0.39, 0.29) is 5.02 Å². The van der Waals surface area contributed by atoms with Gasteiger partial charge < -0.3 is 4.79 Å². The van der Waals surface area contributed by atoms with E-state index in [1.807, 2.05) is 0 Å². The molecule has 1 aromatic rings. The zero-order valence-corrected chi connectivity index (χ0v) is 8.15. The average Bonchev–Trinajstić information content (AvgIpc) is 2.11. The molecule has 1 rings (SSSR count). The maximum atomic E-state index is 12.9.